The molecule has 0 unspecified atom stereocenters. The molecule has 26 heavy (non-hydrogen) atoms. The highest BCUT2D eigenvalue weighted by Crippen LogP contribution is 2.15. The number of benzene rings is 1. The maximum absolute atomic E-state index is 12.6. The van der Waals surface area contributed by atoms with Crippen molar-refractivity contribution in [2.45, 2.75) is 31.2 Å². The minimum Gasteiger partial charge on any atom is -0.333 e. The summed E-state index contributed by atoms with van der Waals surface area (Å²) in [6, 6.07) is 10.5. The number of rotatable bonds is 6. The minimum absolute atomic E-state index is 0.000636. The van der Waals surface area contributed by atoms with Crippen LogP contribution in [0.3, 0.4) is 0 Å². The summed E-state index contributed by atoms with van der Waals surface area (Å²) < 4.78 is 26.7. The first-order valence-corrected chi connectivity index (χ1v) is 10.2. The van der Waals surface area contributed by atoms with Gasteiger partial charge in [0.1, 0.15) is 5.54 Å². The maximum atomic E-state index is 12.6. The Bertz CT molecular complexity index is 765. The monoisotopic (exact) mass is 379 g/mol. The molecule has 1 atom stereocenters. The Kier molecular flexibility index (Phi) is 6.39. The highest BCUT2D eigenvalue weighted by atomic mass is 32.2. The van der Waals surface area contributed by atoms with Gasteiger partial charge in [0.05, 0.1) is 37.1 Å². The largest absolute Gasteiger partial charge is 0.333 e. The third-order valence-corrected chi connectivity index (χ3v) is 6.92. The number of sulfonamides is 1. The van der Waals surface area contributed by atoms with E-state index < -0.39 is 15.6 Å². The fourth-order valence-electron chi connectivity index (χ4n) is 2.82. The van der Waals surface area contributed by atoms with Gasteiger partial charge in [-0.2, -0.15) is 9.57 Å². The molecule has 0 radical (unpaired) electrons. The van der Waals surface area contributed by atoms with Gasteiger partial charge in [-0.05, 0) is 25.0 Å². The Balaban J connectivity index is 1.91. The van der Waals surface area contributed by atoms with Gasteiger partial charge in [0.2, 0.25) is 10.0 Å². The number of hydrogen-bond acceptors (Lipinski definition) is 4. The molecule has 0 aliphatic carbocycles. The molecular weight excluding hydrogens is 352 g/mol. The lowest BCUT2D eigenvalue weighted by atomic mass is 9.90. The summed E-state index contributed by atoms with van der Waals surface area (Å²) >= 11 is 0. The van der Waals surface area contributed by atoms with Crippen LogP contribution in [-0.4, -0.2) is 56.9 Å². The number of nitrogens with one attached hydrogen (secondary N) is 2. The summed E-state index contributed by atoms with van der Waals surface area (Å²) in [6.45, 7) is 7.61. The zero-order valence-corrected chi connectivity index (χ0v) is 16.3. The first-order chi connectivity index (χ1) is 12.2. The molecule has 0 aromatic heterocycles. The van der Waals surface area contributed by atoms with E-state index in [1.54, 1.807) is 37.3 Å². The van der Waals surface area contributed by atoms with E-state index >= 15 is 0 Å². The third kappa shape index (κ3) is 4.61. The van der Waals surface area contributed by atoms with Crippen molar-refractivity contribution in [1.82, 2.24) is 9.62 Å². The molecule has 1 aliphatic heterocycles. The predicted molar refractivity (Wildman–Crippen MR) is 97.8 cm³/mol. The molecule has 1 saturated heterocycles. The number of nitrogens with zero attached hydrogens (tertiary/aromatic N) is 2. The number of carbonyl (C=O) groups excluding carboxylic acids is 1. The van der Waals surface area contributed by atoms with Crippen molar-refractivity contribution in [3.8, 4) is 6.07 Å². The molecular formula is C18H27N4O3S+. The zero-order chi connectivity index (χ0) is 19.4. The lowest BCUT2D eigenvalue weighted by Gasteiger charge is -2.32. The number of hydrogen-bond donors (Lipinski definition) is 2. The molecule has 1 aromatic rings. The van der Waals surface area contributed by atoms with Crippen molar-refractivity contribution in [2.75, 3.05) is 32.7 Å². The van der Waals surface area contributed by atoms with Crippen molar-refractivity contribution in [3.63, 3.8) is 0 Å². The van der Waals surface area contributed by atoms with Gasteiger partial charge in [0.15, 0.2) is 6.54 Å². The van der Waals surface area contributed by atoms with Crippen molar-refractivity contribution >= 4 is 15.9 Å². The second-order valence-corrected chi connectivity index (χ2v) is 9.10. The van der Waals surface area contributed by atoms with Crippen LogP contribution in [0.25, 0.3) is 0 Å². The Labute approximate surface area is 155 Å². The second kappa shape index (κ2) is 8.16. The van der Waals surface area contributed by atoms with Crippen LogP contribution < -0.4 is 10.2 Å². The summed E-state index contributed by atoms with van der Waals surface area (Å²) in [7, 11) is -3.48. The van der Waals surface area contributed by atoms with Crippen LogP contribution in [0.4, 0.5) is 0 Å². The van der Waals surface area contributed by atoms with Crippen LogP contribution in [0.2, 0.25) is 0 Å². The van der Waals surface area contributed by atoms with Gasteiger partial charge in [0.25, 0.3) is 5.91 Å². The van der Waals surface area contributed by atoms with Crippen LogP contribution in [0.1, 0.15) is 20.8 Å². The lowest BCUT2D eigenvalue weighted by molar-refractivity contribution is -0.895. The van der Waals surface area contributed by atoms with Crippen molar-refractivity contribution in [2.24, 2.45) is 5.92 Å². The Hall–Kier alpha value is -1.95. The molecule has 0 bridgehead atoms. The molecule has 1 fully saturated rings. The first kappa shape index (κ1) is 20.4. The smallest absolute Gasteiger partial charge is 0.276 e. The van der Waals surface area contributed by atoms with Gasteiger partial charge < -0.3 is 10.2 Å². The molecule has 2 N–H and O–H groups in total. The summed E-state index contributed by atoms with van der Waals surface area (Å²) in [5.41, 5.74) is -0.894. The van der Waals surface area contributed by atoms with E-state index in [0.29, 0.717) is 31.1 Å². The van der Waals surface area contributed by atoms with Crippen LogP contribution in [0, 0.1) is 17.2 Å². The number of quaternary nitrogens is 1. The number of carbonyl (C=O) groups is 1. The summed E-state index contributed by atoms with van der Waals surface area (Å²) in [5.74, 6) is -0.184. The topological polar surface area (TPSA) is 94.7 Å². The second-order valence-electron chi connectivity index (χ2n) is 7.16. The molecule has 1 amide bonds. The summed E-state index contributed by atoms with van der Waals surface area (Å²) in [5, 5.41) is 12.1. The van der Waals surface area contributed by atoms with Gasteiger partial charge in [-0.25, -0.2) is 8.42 Å². The molecule has 142 valence electrons. The number of nitriles is 1. The van der Waals surface area contributed by atoms with Gasteiger partial charge in [-0.3, -0.25) is 4.79 Å². The zero-order valence-electron chi connectivity index (χ0n) is 15.5. The van der Waals surface area contributed by atoms with Gasteiger partial charge in [0, 0.05) is 0 Å². The molecule has 8 heteroatoms. The highest BCUT2D eigenvalue weighted by Gasteiger charge is 2.34. The van der Waals surface area contributed by atoms with Crippen LogP contribution in [0.15, 0.2) is 35.2 Å². The van der Waals surface area contributed by atoms with Gasteiger partial charge >= 0.3 is 0 Å². The fourth-order valence-corrected chi connectivity index (χ4v) is 4.29. The molecule has 7 nitrogen and oxygen atoms in total. The van der Waals surface area contributed by atoms with E-state index in [-0.39, 0.29) is 18.4 Å². The first-order valence-electron chi connectivity index (χ1n) is 8.80. The molecule has 1 heterocycles. The molecule has 1 aromatic carbocycles. The third-order valence-electron chi connectivity index (χ3n) is 5.01. The predicted octanol–water partition coefficient (Wildman–Crippen LogP) is -0.370. The average Bonchev–Trinajstić information content (AvgIpc) is 2.62. The number of piperazine rings is 1. The Morgan fingerprint density at radius 3 is 2.38 bits per heavy atom. The van der Waals surface area contributed by atoms with E-state index in [1.807, 2.05) is 13.8 Å². The fraction of sp³-hybridized carbons (Fsp3) is 0.556. The van der Waals surface area contributed by atoms with E-state index in [0.717, 1.165) is 4.90 Å². The van der Waals surface area contributed by atoms with Crippen molar-refractivity contribution < 1.29 is 18.1 Å². The van der Waals surface area contributed by atoms with E-state index in [2.05, 4.69) is 11.4 Å². The molecule has 2 rings (SSSR count). The highest BCUT2D eigenvalue weighted by molar-refractivity contribution is 7.89. The average molecular weight is 380 g/mol. The van der Waals surface area contributed by atoms with Gasteiger partial charge in [-0.15, -0.1) is 0 Å². The molecule has 0 spiro atoms. The van der Waals surface area contributed by atoms with Crippen LogP contribution in [0.5, 0.6) is 0 Å². The summed E-state index contributed by atoms with van der Waals surface area (Å²) in [4.78, 5) is 13.6. The minimum atomic E-state index is -3.48. The van der Waals surface area contributed by atoms with Crippen LogP contribution in [-0.2, 0) is 14.8 Å². The van der Waals surface area contributed by atoms with Gasteiger partial charge in [-0.1, -0.05) is 32.0 Å². The summed E-state index contributed by atoms with van der Waals surface area (Å²) in [6.07, 6.45) is 0. The van der Waals surface area contributed by atoms with E-state index in [4.69, 9.17) is 0 Å². The Morgan fingerprint density at radius 1 is 1.31 bits per heavy atom. The SMILES string of the molecule is CC(C)[C@@](C)(C#N)NC(=O)C[NH+]1CCN(S(=O)(=O)c2ccccc2)CC1. The maximum Gasteiger partial charge on any atom is 0.276 e. The Morgan fingerprint density at radius 2 is 1.88 bits per heavy atom. The standard InChI is InChI=1S/C18H26N4O3S/c1-15(2)18(3,14-19)20-17(23)13-21-9-11-22(12-10-21)26(24,25)16-7-5-4-6-8-16/h4-8,15H,9-13H2,1-3H3,(H,20,23)/p+1/t18-/m1/s1. The van der Waals surface area contributed by atoms with Crippen molar-refractivity contribution in [1.29, 1.82) is 5.26 Å². The quantitative estimate of drug-likeness (QED) is 0.705. The normalized spacial score (nSPS) is 18.9. The van der Waals surface area contributed by atoms with E-state index in [1.165, 1.54) is 4.31 Å². The molecule has 1 aliphatic rings. The van der Waals surface area contributed by atoms with Crippen molar-refractivity contribution in [3.05, 3.63) is 30.3 Å². The lowest BCUT2D eigenvalue weighted by Crippen LogP contribution is -3.16. The van der Waals surface area contributed by atoms with E-state index in [9.17, 15) is 18.5 Å². The van der Waals surface area contributed by atoms with Crippen LogP contribution >= 0.6 is 0 Å². The molecule has 0 saturated carbocycles. The number of amides is 1.